The molecule has 5 heavy (non-hydrogen) atoms. The first-order valence-corrected chi connectivity index (χ1v) is 1.61. The van der Waals surface area contributed by atoms with Gasteiger partial charge in [-0.3, -0.25) is 0 Å². The van der Waals surface area contributed by atoms with Crippen molar-refractivity contribution in [1.82, 2.24) is 0 Å². The number of rotatable bonds is 0. The van der Waals surface area contributed by atoms with Crippen molar-refractivity contribution in [2.75, 3.05) is 0 Å². The Kier molecular flexibility index (Phi) is 11.2. The molecule has 0 aliphatic rings. The molecule has 0 radical (unpaired) electrons. The van der Waals surface area contributed by atoms with Crippen LogP contribution in [0, 0.1) is 4.78 Å². The van der Waals surface area contributed by atoms with Crippen LogP contribution < -0.4 is 0 Å². The molecule has 0 fully saturated rings. The molecule has 0 saturated heterocycles. The molecule has 0 saturated carbocycles. The van der Waals surface area contributed by atoms with Crippen molar-refractivity contribution in [1.29, 1.82) is 4.78 Å². The Hall–Kier alpha value is 1.67. The summed E-state index contributed by atoms with van der Waals surface area (Å²) >= 11 is 0. The van der Waals surface area contributed by atoms with Crippen molar-refractivity contribution >= 4 is 79.4 Å². The summed E-state index contributed by atoms with van der Waals surface area (Å²) in [6, 6.07) is 0. The van der Waals surface area contributed by atoms with Gasteiger partial charge in [0.2, 0.25) is 0 Å². The monoisotopic (exact) mass is 213 g/mol. The van der Waals surface area contributed by atoms with Gasteiger partial charge in [-0.2, -0.15) is 13.2 Å². The Morgan fingerprint density at radius 2 is 1.40 bits per heavy atom. The molecule has 3 nitrogen and oxygen atoms in total. The molecular weight excluding hydrogens is 211 g/mol. The van der Waals surface area contributed by atoms with Crippen LogP contribution in [0.3, 0.4) is 0 Å². The second kappa shape index (κ2) is 5.67. The fourth-order valence-corrected chi connectivity index (χ4v) is 0. The van der Waals surface area contributed by atoms with E-state index in [1.165, 1.54) is 0 Å². The third-order valence-corrected chi connectivity index (χ3v) is 0. The topological polar surface area (TPSA) is 58.0 Å². The van der Waals surface area contributed by atoms with Crippen LogP contribution in [0.5, 0.6) is 0 Å². The molecular formula is H2CsNO2S. The predicted octanol–water partition coefficient (Wildman–Crippen LogP) is -1.02. The molecule has 0 unspecified atom stereocenters. The van der Waals surface area contributed by atoms with Crippen LogP contribution in [0.15, 0.2) is 0 Å². The van der Waals surface area contributed by atoms with Crippen molar-refractivity contribution in [3.05, 3.63) is 0 Å². The van der Waals surface area contributed by atoms with Crippen LogP contribution >= 0.6 is 0 Å². The Balaban J connectivity index is 0. The van der Waals surface area contributed by atoms with Crippen LogP contribution in [0.1, 0.15) is 0 Å². The molecule has 26 valence electrons. The van der Waals surface area contributed by atoms with E-state index in [2.05, 4.69) is 0 Å². The van der Waals surface area contributed by atoms with E-state index in [4.69, 9.17) is 13.2 Å². The summed E-state index contributed by atoms with van der Waals surface area (Å²) in [7, 11) is -2.61. The van der Waals surface area contributed by atoms with Crippen LogP contribution in [0.4, 0.5) is 0 Å². The van der Waals surface area contributed by atoms with E-state index in [9.17, 15) is 0 Å². The zero-order chi connectivity index (χ0) is 3.58. The van der Waals surface area contributed by atoms with E-state index in [0.29, 0.717) is 0 Å². The van der Waals surface area contributed by atoms with Gasteiger partial charge < -0.3 is 0 Å². The SMILES string of the molecule is N=S(=O)=O.[CsH]. The Morgan fingerprint density at radius 1 is 1.40 bits per heavy atom. The fourth-order valence-electron chi connectivity index (χ4n) is 0. The van der Waals surface area contributed by atoms with Gasteiger partial charge in [0.1, 0.15) is 0 Å². The van der Waals surface area contributed by atoms with Crippen LogP contribution in [-0.2, 0) is 10.5 Å². The van der Waals surface area contributed by atoms with Gasteiger partial charge in [-0.15, -0.1) is 0 Å². The number of nitrogens with one attached hydrogen (secondary N) is 1. The molecule has 0 aromatic heterocycles. The van der Waals surface area contributed by atoms with Crippen LogP contribution in [0.2, 0.25) is 0 Å². The van der Waals surface area contributed by atoms with E-state index in [1.807, 2.05) is 0 Å². The van der Waals surface area contributed by atoms with Gasteiger partial charge in [-0.25, -0.2) is 0 Å². The second-order valence-corrected chi connectivity index (χ2v) is 0.704. The van der Waals surface area contributed by atoms with Crippen molar-refractivity contribution in [3.63, 3.8) is 0 Å². The molecule has 5 heteroatoms. The second-order valence-electron chi connectivity index (χ2n) is 0.235. The summed E-state index contributed by atoms with van der Waals surface area (Å²) < 4.78 is 22.8. The molecule has 1 N–H and O–H groups in total. The molecule has 0 amide bonds. The van der Waals surface area contributed by atoms with Gasteiger partial charge in [-0.1, -0.05) is 0 Å². The van der Waals surface area contributed by atoms with Gasteiger partial charge in [0.15, 0.2) is 0 Å². The quantitative estimate of drug-likeness (QED) is 0.559. The summed E-state index contributed by atoms with van der Waals surface area (Å²) in [5.41, 5.74) is 0. The van der Waals surface area contributed by atoms with Crippen LogP contribution in [-0.4, -0.2) is 77.3 Å². The summed E-state index contributed by atoms with van der Waals surface area (Å²) in [5.74, 6) is 0. The van der Waals surface area contributed by atoms with E-state index < -0.39 is 10.5 Å². The molecule has 0 aromatic rings. The molecule has 0 atom stereocenters. The van der Waals surface area contributed by atoms with Crippen molar-refractivity contribution in [3.8, 4) is 0 Å². The summed E-state index contributed by atoms with van der Waals surface area (Å²) in [5, 5.41) is 0. The predicted molar refractivity (Wildman–Crippen MR) is 18.8 cm³/mol. The molecule has 0 aliphatic heterocycles. The van der Waals surface area contributed by atoms with Gasteiger partial charge in [0.05, 0.1) is 0 Å². The first-order chi connectivity index (χ1) is 1.73. The van der Waals surface area contributed by atoms with E-state index in [-0.39, 0.29) is 68.9 Å². The average molecular weight is 213 g/mol. The van der Waals surface area contributed by atoms with E-state index in [1.54, 1.807) is 0 Å². The Bertz CT molecular complexity index is 79.0. The Labute approximate surface area is 90.1 Å². The minimum absolute atomic E-state index is 0. The van der Waals surface area contributed by atoms with Crippen LogP contribution in [0.25, 0.3) is 0 Å². The third-order valence-electron chi connectivity index (χ3n) is 0. The first kappa shape index (κ1) is 9.83. The van der Waals surface area contributed by atoms with Crippen molar-refractivity contribution < 1.29 is 8.42 Å². The van der Waals surface area contributed by atoms with Gasteiger partial charge in [-0.05, 0) is 0 Å². The van der Waals surface area contributed by atoms with Gasteiger partial charge in [0, 0.05) is 0 Å². The molecule has 0 aromatic carbocycles. The van der Waals surface area contributed by atoms with Gasteiger partial charge in [0.25, 0.3) is 0 Å². The normalized spacial score (nSPS) is 4.80. The maximum absolute atomic E-state index is 8.67. The molecule has 0 heterocycles. The van der Waals surface area contributed by atoms with E-state index in [0.717, 1.165) is 0 Å². The molecule has 0 spiro atoms. The summed E-state index contributed by atoms with van der Waals surface area (Å²) in [6.45, 7) is 0. The number of hydrogen-bond donors (Lipinski definition) is 1. The van der Waals surface area contributed by atoms with Gasteiger partial charge >= 0.3 is 79.4 Å². The molecule has 0 bridgehead atoms. The number of hydrogen-bond acceptors (Lipinski definition) is 3. The van der Waals surface area contributed by atoms with Crippen molar-refractivity contribution in [2.45, 2.75) is 0 Å². The van der Waals surface area contributed by atoms with E-state index >= 15 is 0 Å². The summed E-state index contributed by atoms with van der Waals surface area (Å²) in [6.07, 6.45) is 0. The first-order valence-electron chi connectivity index (χ1n) is 0.537. The third kappa shape index (κ3) is 27.4. The summed E-state index contributed by atoms with van der Waals surface area (Å²) in [4.78, 5) is 0. The molecule has 0 rings (SSSR count). The molecule has 0 aliphatic carbocycles. The zero-order valence-corrected chi connectivity index (χ0v) is 2.54. The van der Waals surface area contributed by atoms with Crippen molar-refractivity contribution in [2.24, 2.45) is 0 Å². The average Bonchev–Trinajstić information content (AvgIpc) is 0.811. The standard InChI is InChI=1S/Cs.HNO2S.H/c;1-4(2)3;/h;1H;. The fraction of sp³-hybridized carbons (Fsp3) is 0. The maximum atomic E-state index is 8.67. The minimum atomic E-state index is -2.61. The Morgan fingerprint density at radius 3 is 1.40 bits per heavy atom. The zero-order valence-electron chi connectivity index (χ0n) is 1.72.